The Bertz CT molecular complexity index is 1810. The predicted molar refractivity (Wildman–Crippen MR) is 176 cm³/mol. The number of hydrogen-bond donors (Lipinski definition) is 2. The summed E-state index contributed by atoms with van der Waals surface area (Å²) in [5, 5.41) is 13.7. The van der Waals surface area contributed by atoms with Crippen molar-refractivity contribution in [3.63, 3.8) is 0 Å². The highest BCUT2D eigenvalue weighted by atomic mass is 19.1. The number of aromatic nitrogens is 4. The molecule has 1 aliphatic heterocycles. The lowest BCUT2D eigenvalue weighted by molar-refractivity contribution is -0.0741. The molecule has 47 heavy (non-hydrogen) atoms. The molecule has 2 aromatic heterocycles. The fraction of sp³-hybridized carbons (Fsp3) is 0.216. The van der Waals surface area contributed by atoms with Crippen molar-refractivity contribution in [1.82, 2.24) is 19.5 Å². The van der Waals surface area contributed by atoms with E-state index in [0.717, 1.165) is 22.3 Å². The normalized spacial score (nSPS) is 19.6. The van der Waals surface area contributed by atoms with Crippen LogP contribution in [0.5, 0.6) is 5.75 Å². The van der Waals surface area contributed by atoms with Gasteiger partial charge in [-0.25, -0.2) is 19.3 Å². The third-order valence-electron chi connectivity index (χ3n) is 8.60. The topological polar surface area (TPSA) is 104 Å². The number of anilines is 1. The largest absolute Gasteiger partial charge is 0.497 e. The van der Waals surface area contributed by atoms with E-state index in [1.807, 2.05) is 78.9 Å². The molecule has 0 amide bonds. The Balaban J connectivity index is 1.29. The van der Waals surface area contributed by atoms with Gasteiger partial charge in [-0.1, -0.05) is 103 Å². The molecule has 1 aliphatic rings. The quantitative estimate of drug-likeness (QED) is 0.167. The highest BCUT2D eigenvalue weighted by molar-refractivity contribution is 5.84. The Kier molecular flexibility index (Phi) is 8.62. The SMILES string of the molecule is COc1ccc(CO[C@@H]2[C@@H](F)[C@@H](CO)O[C@H]2n2cnc3c(NC(c4ccccc4)(c4ccccc4)c4ccccc4)ncnc32)cc1. The van der Waals surface area contributed by atoms with E-state index in [2.05, 4.69) is 51.7 Å². The monoisotopic (exact) mass is 631 g/mol. The summed E-state index contributed by atoms with van der Waals surface area (Å²) in [7, 11) is 1.60. The average molecular weight is 632 g/mol. The van der Waals surface area contributed by atoms with E-state index in [1.54, 1.807) is 18.0 Å². The van der Waals surface area contributed by atoms with E-state index in [-0.39, 0.29) is 6.61 Å². The third-order valence-corrected chi connectivity index (χ3v) is 8.60. The van der Waals surface area contributed by atoms with Gasteiger partial charge in [0, 0.05) is 0 Å². The average Bonchev–Trinajstić information content (AvgIpc) is 3.71. The molecule has 0 aliphatic carbocycles. The molecule has 7 rings (SSSR count). The highest BCUT2D eigenvalue weighted by Gasteiger charge is 2.47. The molecule has 4 atom stereocenters. The maximum atomic E-state index is 15.7. The van der Waals surface area contributed by atoms with Gasteiger partial charge in [0.15, 0.2) is 29.4 Å². The van der Waals surface area contributed by atoms with Crippen molar-refractivity contribution in [2.24, 2.45) is 0 Å². The van der Waals surface area contributed by atoms with E-state index in [9.17, 15) is 5.11 Å². The summed E-state index contributed by atoms with van der Waals surface area (Å²) in [6.07, 6.45) is -1.61. The van der Waals surface area contributed by atoms with Crippen LogP contribution in [0.3, 0.4) is 0 Å². The molecule has 3 heterocycles. The van der Waals surface area contributed by atoms with Crippen LogP contribution in [0.25, 0.3) is 11.2 Å². The van der Waals surface area contributed by atoms with Crippen molar-refractivity contribution in [2.75, 3.05) is 19.0 Å². The second-order valence-corrected chi connectivity index (χ2v) is 11.3. The number of nitrogens with one attached hydrogen (secondary N) is 1. The zero-order valence-corrected chi connectivity index (χ0v) is 25.7. The number of aliphatic hydroxyl groups is 1. The van der Waals surface area contributed by atoms with Crippen molar-refractivity contribution in [2.45, 2.75) is 36.8 Å². The summed E-state index contributed by atoms with van der Waals surface area (Å²) >= 11 is 0. The minimum Gasteiger partial charge on any atom is -0.497 e. The van der Waals surface area contributed by atoms with Gasteiger partial charge in [-0.05, 0) is 34.4 Å². The van der Waals surface area contributed by atoms with Gasteiger partial charge in [0.2, 0.25) is 0 Å². The molecule has 2 N–H and O–H groups in total. The first kappa shape index (κ1) is 30.5. The Morgan fingerprint density at radius 2 is 1.43 bits per heavy atom. The minimum absolute atomic E-state index is 0.134. The van der Waals surface area contributed by atoms with Gasteiger partial charge in [0.25, 0.3) is 0 Å². The molecule has 1 fully saturated rings. The van der Waals surface area contributed by atoms with Crippen LogP contribution in [0.15, 0.2) is 128 Å². The molecule has 238 valence electrons. The number of hydrogen-bond acceptors (Lipinski definition) is 8. The van der Waals surface area contributed by atoms with E-state index >= 15 is 4.39 Å². The molecular weight excluding hydrogens is 597 g/mol. The first-order valence-electron chi connectivity index (χ1n) is 15.4. The number of imidazole rings is 1. The van der Waals surface area contributed by atoms with Gasteiger partial charge in [-0.3, -0.25) is 4.57 Å². The number of alkyl halides is 1. The standard InChI is InChI=1S/C37H34FN5O4/c1-45-29-19-17-25(18-20-29)22-46-33-31(38)30(21-44)47-36(33)43-24-41-32-34(39-23-40-35(32)43)42-37(26-11-5-2-6-12-26,27-13-7-3-8-14-27)28-15-9-4-10-16-28/h2-20,23-24,30-31,33,36,44H,21-22H2,1H3,(H,39,40,42)/t30-,31+,33-,36-/m1/s1. The first-order chi connectivity index (χ1) is 23.1. The van der Waals surface area contributed by atoms with Crippen LogP contribution in [0, 0.1) is 0 Å². The number of aliphatic hydroxyl groups excluding tert-OH is 1. The summed E-state index contributed by atoms with van der Waals surface area (Å²) in [6.45, 7) is -0.364. The summed E-state index contributed by atoms with van der Waals surface area (Å²) in [6, 6.07) is 37.9. The van der Waals surface area contributed by atoms with Crippen LogP contribution in [0.2, 0.25) is 0 Å². The fourth-order valence-electron chi connectivity index (χ4n) is 6.24. The zero-order chi connectivity index (χ0) is 32.2. The number of fused-ring (bicyclic) bond motifs is 1. The molecule has 4 aromatic carbocycles. The van der Waals surface area contributed by atoms with Crippen molar-refractivity contribution in [1.29, 1.82) is 0 Å². The Morgan fingerprint density at radius 3 is 1.98 bits per heavy atom. The van der Waals surface area contributed by atoms with Gasteiger partial charge >= 0.3 is 0 Å². The number of rotatable bonds is 11. The molecule has 0 saturated carbocycles. The van der Waals surface area contributed by atoms with Gasteiger partial charge in [-0.2, -0.15) is 0 Å². The summed E-state index contributed by atoms with van der Waals surface area (Å²) in [4.78, 5) is 13.9. The summed E-state index contributed by atoms with van der Waals surface area (Å²) in [5.41, 5.74) is 3.89. The van der Waals surface area contributed by atoms with Crippen molar-refractivity contribution < 1.29 is 23.7 Å². The number of methoxy groups -OCH3 is 1. The molecule has 0 unspecified atom stereocenters. The smallest absolute Gasteiger partial charge is 0.167 e. The lowest BCUT2D eigenvalue weighted by atomic mass is 9.77. The fourth-order valence-corrected chi connectivity index (χ4v) is 6.24. The highest BCUT2D eigenvalue weighted by Crippen LogP contribution is 2.41. The lowest BCUT2D eigenvalue weighted by Gasteiger charge is -2.37. The van der Waals surface area contributed by atoms with Crippen LogP contribution < -0.4 is 10.1 Å². The Morgan fingerprint density at radius 1 is 0.830 bits per heavy atom. The number of nitrogens with zero attached hydrogens (tertiary/aromatic N) is 4. The first-order valence-corrected chi connectivity index (χ1v) is 15.4. The zero-order valence-electron chi connectivity index (χ0n) is 25.7. The predicted octanol–water partition coefficient (Wildman–Crippen LogP) is 6.05. The van der Waals surface area contributed by atoms with E-state index in [4.69, 9.17) is 19.2 Å². The summed E-state index contributed by atoms with van der Waals surface area (Å²) in [5.74, 6) is 1.19. The third kappa shape index (κ3) is 5.71. The van der Waals surface area contributed by atoms with Crippen molar-refractivity contribution >= 4 is 17.0 Å². The molecule has 0 bridgehead atoms. The lowest BCUT2D eigenvalue weighted by Crippen LogP contribution is -2.38. The summed E-state index contributed by atoms with van der Waals surface area (Å²) < 4.78 is 34.7. The van der Waals surface area contributed by atoms with Crippen LogP contribution >= 0.6 is 0 Å². The second-order valence-electron chi connectivity index (χ2n) is 11.3. The van der Waals surface area contributed by atoms with Gasteiger partial charge in [-0.15, -0.1) is 0 Å². The minimum atomic E-state index is -1.58. The molecule has 0 radical (unpaired) electrons. The van der Waals surface area contributed by atoms with Gasteiger partial charge in [0.1, 0.15) is 29.8 Å². The molecule has 10 heteroatoms. The number of benzene rings is 4. The van der Waals surface area contributed by atoms with Crippen LogP contribution in [0.4, 0.5) is 10.2 Å². The van der Waals surface area contributed by atoms with E-state index in [0.29, 0.717) is 22.7 Å². The van der Waals surface area contributed by atoms with Gasteiger partial charge < -0.3 is 24.6 Å². The van der Waals surface area contributed by atoms with E-state index in [1.165, 1.54) is 6.33 Å². The molecule has 9 nitrogen and oxygen atoms in total. The molecular formula is C37H34FN5O4. The maximum Gasteiger partial charge on any atom is 0.167 e. The molecule has 6 aromatic rings. The maximum absolute atomic E-state index is 15.7. The second kappa shape index (κ2) is 13.3. The van der Waals surface area contributed by atoms with Gasteiger partial charge in [0.05, 0.1) is 26.7 Å². The molecule has 0 spiro atoms. The Labute approximate surface area is 271 Å². The van der Waals surface area contributed by atoms with E-state index < -0.39 is 36.8 Å². The van der Waals surface area contributed by atoms with Crippen LogP contribution in [-0.4, -0.2) is 56.7 Å². The number of ether oxygens (including phenoxy) is 3. The van der Waals surface area contributed by atoms with Crippen LogP contribution in [-0.2, 0) is 21.6 Å². The van der Waals surface area contributed by atoms with Crippen molar-refractivity contribution in [3.8, 4) is 5.75 Å². The van der Waals surface area contributed by atoms with Crippen molar-refractivity contribution in [3.05, 3.63) is 150 Å². The van der Waals surface area contributed by atoms with Crippen LogP contribution in [0.1, 0.15) is 28.5 Å². The number of halogens is 1. The Hall–Kier alpha value is -5.16. The molecule has 1 saturated heterocycles.